The van der Waals surface area contributed by atoms with Gasteiger partial charge in [-0.05, 0) is 70.9 Å². The van der Waals surface area contributed by atoms with Crippen molar-refractivity contribution < 1.29 is 13.2 Å². The summed E-state index contributed by atoms with van der Waals surface area (Å²) in [4.78, 5) is 14.4. The number of rotatable bonds is 6. The number of sulfonamides is 1. The Morgan fingerprint density at radius 1 is 1.25 bits per heavy atom. The predicted molar refractivity (Wildman–Crippen MR) is 113 cm³/mol. The Morgan fingerprint density at radius 2 is 2.00 bits per heavy atom. The number of nitrogens with zero attached hydrogens (tertiary/aromatic N) is 1. The Kier molecular flexibility index (Phi) is 5.53. The van der Waals surface area contributed by atoms with Crippen LogP contribution in [-0.2, 0) is 27.7 Å². The number of halogens is 2. The zero-order valence-corrected chi connectivity index (χ0v) is 18.3. The SMILES string of the molecule is O=C(C1CC1)N1CCc2cc(Br)c(S(=O)(=O)NCCc3ccccc3Cl)cc21. The molecule has 1 aliphatic heterocycles. The van der Waals surface area contributed by atoms with Crippen molar-refractivity contribution in [3.05, 3.63) is 57.0 Å². The Morgan fingerprint density at radius 3 is 2.71 bits per heavy atom. The summed E-state index contributed by atoms with van der Waals surface area (Å²) in [5.74, 6) is 0.208. The van der Waals surface area contributed by atoms with E-state index in [1.165, 1.54) is 0 Å². The molecule has 0 radical (unpaired) electrons. The van der Waals surface area contributed by atoms with Gasteiger partial charge in [0, 0.05) is 34.2 Å². The number of amides is 1. The second-order valence-electron chi connectivity index (χ2n) is 7.16. The average Bonchev–Trinajstić information content (AvgIpc) is 3.42. The molecule has 1 fully saturated rings. The molecule has 8 heteroatoms. The van der Waals surface area contributed by atoms with Gasteiger partial charge in [0.2, 0.25) is 15.9 Å². The molecule has 1 heterocycles. The van der Waals surface area contributed by atoms with Crippen LogP contribution in [0.25, 0.3) is 0 Å². The van der Waals surface area contributed by atoms with Gasteiger partial charge in [-0.2, -0.15) is 0 Å². The quantitative estimate of drug-likeness (QED) is 0.677. The number of hydrogen-bond acceptors (Lipinski definition) is 3. The third-order valence-corrected chi connectivity index (χ3v) is 7.94. The molecule has 1 aliphatic carbocycles. The molecule has 2 aromatic carbocycles. The van der Waals surface area contributed by atoms with Gasteiger partial charge in [-0.25, -0.2) is 13.1 Å². The van der Waals surface area contributed by atoms with Crippen LogP contribution in [0.5, 0.6) is 0 Å². The third-order valence-electron chi connectivity index (χ3n) is 5.16. The van der Waals surface area contributed by atoms with E-state index in [1.807, 2.05) is 24.3 Å². The lowest BCUT2D eigenvalue weighted by atomic mass is 10.1. The summed E-state index contributed by atoms with van der Waals surface area (Å²) in [6.07, 6.45) is 3.09. The molecule has 1 saturated carbocycles. The second-order valence-corrected chi connectivity index (χ2v) is 10.2. The van der Waals surface area contributed by atoms with E-state index in [1.54, 1.807) is 17.0 Å². The van der Waals surface area contributed by atoms with Crippen molar-refractivity contribution in [1.29, 1.82) is 0 Å². The highest BCUT2D eigenvalue weighted by Gasteiger charge is 2.37. The molecule has 5 nitrogen and oxygen atoms in total. The Labute approximate surface area is 178 Å². The zero-order valence-electron chi connectivity index (χ0n) is 15.1. The molecular formula is C20H20BrClN2O3S. The van der Waals surface area contributed by atoms with E-state index in [0.29, 0.717) is 28.1 Å². The van der Waals surface area contributed by atoms with Crippen molar-refractivity contribution in [2.45, 2.75) is 30.6 Å². The highest BCUT2D eigenvalue weighted by atomic mass is 79.9. The second kappa shape index (κ2) is 7.78. The molecule has 1 amide bonds. The fraction of sp³-hybridized carbons (Fsp3) is 0.350. The van der Waals surface area contributed by atoms with Gasteiger partial charge in [0.15, 0.2) is 0 Å². The normalized spacial score (nSPS) is 16.3. The van der Waals surface area contributed by atoms with Crippen LogP contribution in [0.3, 0.4) is 0 Å². The van der Waals surface area contributed by atoms with Gasteiger partial charge < -0.3 is 4.90 Å². The van der Waals surface area contributed by atoms with Crippen LogP contribution in [0.15, 0.2) is 45.8 Å². The summed E-state index contributed by atoms with van der Waals surface area (Å²) < 4.78 is 28.9. The fourth-order valence-corrected chi connectivity index (χ4v) is 5.84. The van der Waals surface area contributed by atoms with Crippen molar-refractivity contribution in [2.75, 3.05) is 18.0 Å². The first-order valence-corrected chi connectivity index (χ1v) is 11.9. The summed E-state index contributed by atoms with van der Waals surface area (Å²) in [6, 6.07) is 10.8. The highest BCUT2D eigenvalue weighted by molar-refractivity contribution is 9.10. The van der Waals surface area contributed by atoms with Gasteiger partial charge in [-0.1, -0.05) is 29.8 Å². The summed E-state index contributed by atoms with van der Waals surface area (Å²) >= 11 is 9.52. The molecule has 148 valence electrons. The number of benzene rings is 2. The molecule has 0 aromatic heterocycles. The van der Waals surface area contributed by atoms with E-state index < -0.39 is 10.0 Å². The zero-order chi connectivity index (χ0) is 19.9. The van der Waals surface area contributed by atoms with E-state index in [9.17, 15) is 13.2 Å². The highest BCUT2D eigenvalue weighted by Crippen LogP contribution is 2.39. The van der Waals surface area contributed by atoms with E-state index in [0.717, 1.165) is 30.4 Å². The minimum Gasteiger partial charge on any atom is -0.312 e. The molecule has 0 unspecified atom stereocenters. The maximum atomic E-state index is 12.9. The lowest BCUT2D eigenvalue weighted by molar-refractivity contribution is -0.119. The molecule has 28 heavy (non-hydrogen) atoms. The summed E-state index contributed by atoms with van der Waals surface area (Å²) in [5.41, 5.74) is 2.60. The van der Waals surface area contributed by atoms with Crippen LogP contribution in [0.4, 0.5) is 5.69 Å². The number of carbonyl (C=O) groups is 1. The van der Waals surface area contributed by atoms with Crippen LogP contribution in [-0.4, -0.2) is 27.4 Å². The van der Waals surface area contributed by atoms with Crippen molar-refractivity contribution >= 4 is 49.1 Å². The first kappa shape index (κ1) is 19.9. The first-order valence-electron chi connectivity index (χ1n) is 9.23. The van der Waals surface area contributed by atoms with Gasteiger partial charge in [0.25, 0.3) is 0 Å². The molecule has 0 bridgehead atoms. The lowest BCUT2D eigenvalue weighted by Crippen LogP contribution is -2.30. The standard InChI is InChI=1S/C20H20BrClN2O3S/c21-16-11-15-8-10-24(20(25)14-5-6-14)18(15)12-19(16)28(26,27)23-9-7-13-3-1-2-4-17(13)22/h1-4,11-12,14,23H,5-10H2. The molecule has 2 aliphatic rings. The van der Waals surface area contributed by atoms with E-state index in [-0.39, 0.29) is 23.3 Å². The summed E-state index contributed by atoms with van der Waals surface area (Å²) in [6.45, 7) is 0.848. The minimum atomic E-state index is -3.73. The van der Waals surface area contributed by atoms with Crippen LogP contribution in [0.1, 0.15) is 24.0 Å². The topological polar surface area (TPSA) is 66.5 Å². The number of hydrogen-bond donors (Lipinski definition) is 1. The van der Waals surface area contributed by atoms with Gasteiger partial charge in [-0.15, -0.1) is 0 Å². The van der Waals surface area contributed by atoms with Gasteiger partial charge in [0.05, 0.1) is 4.90 Å². The number of anilines is 1. The molecular weight excluding hydrogens is 464 g/mol. The van der Waals surface area contributed by atoms with Crippen molar-refractivity contribution in [1.82, 2.24) is 4.72 Å². The Balaban J connectivity index is 1.53. The third kappa shape index (κ3) is 3.99. The van der Waals surface area contributed by atoms with E-state index >= 15 is 0 Å². The molecule has 0 atom stereocenters. The van der Waals surface area contributed by atoms with Gasteiger partial charge in [-0.3, -0.25) is 4.79 Å². The number of nitrogens with one attached hydrogen (secondary N) is 1. The lowest BCUT2D eigenvalue weighted by Gasteiger charge is -2.18. The molecule has 4 rings (SSSR count). The van der Waals surface area contributed by atoms with Crippen LogP contribution in [0, 0.1) is 5.92 Å². The van der Waals surface area contributed by atoms with Gasteiger partial charge in [0.1, 0.15) is 0 Å². The monoisotopic (exact) mass is 482 g/mol. The van der Waals surface area contributed by atoms with Crippen molar-refractivity contribution in [3.63, 3.8) is 0 Å². The smallest absolute Gasteiger partial charge is 0.241 e. The van der Waals surface area contributed by atoms with Crippen molar-refractivity contribution in [3.8, 4) is 0 Å². The van der Waals surface area contributed by atoms with Crippen LogP contribution < -0.4 is 9.62 Å². The van der Waals surface area contributed by atoms with Gasteiger partial charge >= 0.3 is 0 Å². The Bertz CT molecular complexity index is 1040. The molecule has 0 saturated heterocycles. The summed E-state index contributed by atoms with van der Waals surface area (Å²) in [5, 5.41) is 0.620. The largest absolute Gasteiger partial charge is 0.312 e. The van der Waals surface area contributed by atoms with Crippen LogP contribution in [0.2, 0.25) is 5.02 Å². The molecule has 2 aromatic rings. The summed E-state index contributed by atoms with van der Waals surface area (Å²) in [7, 11) is -3.73. The first-order chi connectivity index (χ1) is 13.4. The predicted octanol–water partition coefficient (Wildman–Crippen LogP) is 3.92. The molecule has 0 spiro atoms. The fourth-order valence-electron chi connectivity index (χ4n) is 3.47. The average molecular weight is 484 g/mol. The van der Waals surface area contributed by atoms with Crippen molar-refractivity contribution in [2.24, 2.45) is 5.92 Å². The van der Waals surface area contributed by atoms with Crippen LogP contribution >= 0.6 is 27.5 Å². The Hall–Kier alpha value is -1.41. The minimum absolute atomic E-state index is 0.100. The van der Waals surface area contributed by atoms with E-state index in [4.69, 9.17) is 11.6 Å². The van der Waals surface area contributed by atoms with E-state index in [2.05, 4.69) is 20.7 Å². The molecule has 1 N–H and O–H groups in total. The number of carbonyl (C=O) groups excluding carboxylic acids is 1. The maximum absolute atomic E-state index is 12.9. The number of fused-ring (bicyclic) bond motifs is 1. The maximum Gasteiger partial charge on any atom is 0.241 e.